The van der Waals surface area contributed by atoms with Crippen LogP contribution in [0.2, 0.25) is 0 Å². The van der Waals surface area contributed by atoms with Crippen LogP contribution in [-0.4, -0.2) is 73.7 Å². The predicted octanol–water partition coefficient (Wildman–Crippen LogP) is 2.58. The zero-order valence-corrected chi connectivity index (χ0v) is 20.3. The van der Waals surface area contributed by atoms with E-state index in [1.807, 2.05) is 25.5 Å². The van der Waals surface area contributed by atoms with Gasteiger partial charge in [0.25, 0.3) is 0 Å². The van der Waals surface area contributed by atoms with E-state index in [0.717, 1.165) is 64.1 Å². The molecule has 1 aromatic heterocycles. The SMILES string of the molecule is CN=C(NCCCN1CCN(c2ncccn2)CC1)NCC(C)c1ccccc1.I. The zero-order valence-electron chi connectivity index (χ0n) is 18.0. The number of anilines is 1. The maximum Gasteiger partial charge on any atom is 0.225 e. The summed E-state index contributed by atoms with van der Waals surface area (Å²) in [5.41, 5.74) is 1.34. The highest BCUT2D eigenvalue weighted by atomic mass is 127. The van der Waals surface area contributed by atoms with Gasteiger partial charge in [0.2, 0.25) is 5.95 Å². The molecule has 2 aromatic rings. The number of nitrogens with zero attached hydrogens (tertiary/aromatic N) is 5. The second kappa shape index (κ2) is 13.4. The third-order valence-electron chi connectivity index (χ3n) is 5.32. The Morgan fingerprint density at radius 3 is 2.40 bits per heavy atom. The number of nitrogens with one attached hydrogen (secondary N) is 2. The Labute approximate surface area is 197 Å². The van der Waals surface area contributed by atoms with Crippen LogP contribution in [0, 0.1) is 0 Å². The van der Waals surface area contributed by atoms with Gasteiger partial charge in [-0.05, 0) is 30.5 Å². The Morgan fingerprint density at radius 1 is 1.03 bits per heavy atom. The van der Waals surface area contributed by atoms with Crippen molar-refractivity contribution < 1.29 is 0 Å². The van der Waals surface area contributed by atoms with Crippen LogP contribution in [-0.2, 0) is 0 Å². The highest BCUT2D eigenvalue weighted by Crippen LogP contribution is 2.13. The van der Waals surface area contributed by atoms with Crippen LogP contribution in [0.25, 0.3) is 0 Å². The van der Waals surface area contributed by atoms with Gasteiger partial charge in [0.15, 0.2) is 5.96 Å². The molecule has 0 amide bonds. The molecule has 2 heterocycles. The number of aliphatic imine (C=N–C) groups is 1. The molecule has 8 heteroatoms. The number of hydrogen-bond acceptors (Lipinski definition) is 5. The van der Waals surface area contributed by atoms with Crippen molar-refractivity contribution in [1.82, 2.24) is 25.5 Å². The standard InChI is InChI=1S/C22H33N7.HI/c1-19(20-8-4-3-5-9-20)18-27-21(23-2)24-12-7-13-28-14-16-29(17-15-28)22-25-10-6-11-26-22;/h3-6,8-11,19H,7,12-18H2,1-2H3,(H2,23,24,27);1H. The molecule has 2 N–H and O–H groups in total. The van der Waals surface area contributed by atoms with Crippen LogP contribution in [0.3, 0.4) is 0 Å². The second-order valence-electron chi connectivity index (χ2n) is 7.42. The molecule has 3 rings (SSSR count). The van der Waals surface area contributed by atoms with Gasteiger partial charge in [-0.25, -0.2) is 9.97 Å². The highest BCUT2D eigenvalue weighted by molar-refractivity contribution is 14.0. The largest absolute Gasteiger partial charge is 0.356 e. The summed E-state index contributed by atoms with van der Waals surface area (Å²) in [6, 6.07) is 12.4. The third-order valence-corrected chi connectivity index (χ3v) is 5.32. The summed E-state index contributed by atoms with van der Waals surface area (Å²) >= 11 is 0. The van der Waals surface area contributed by atoms with Gasteiger partial charge in [0.05, 0.1) is 0 Å². The number of hydrogen-bond donors (Lipinski definition) is 2. The lowest BCUT2D eigenvalue weighted by Crippen LogP contribution is -2.47. The maximum atomic E-state index is 4.35. The summed E-state index contributed by atoms with van der Waals surface area (Å²) in [6.07, 6.45) is 4.71. The average molecular weight is 523 g/mol. The quantitative estimate of drug-likeness (QED) is 0.240. The first-order valence-electron chi connectivity index (χ1n) is 10.5. The first-order chi connectivity index (χ1) is 14.3. The summed E-state index contributed by atoms with van der Waals surface area (Å²) in [4.78, 5) is 17.8. The van der Waals surface area contributed by atoms with Crippen LogP contribution in [0.1, 0.15) is 24.8 Å². The Balaban J connectivity index is 0.00000320. The fraction of sp³-hybridized carbons (Fsp3) is 0.500. The minimum absolute atomic E-state index is 0. The van der Waals surface area contributed by atoms with Gasteiger partial charge in [-0.1, -0.05) is 37.3 Å². The summed E-state index contributed by atoms with van der Waals surface area (Å²) in [5.74, 6) is 2.16. The number of halogens is 1. The van der Waals surface area contributed by atoms with Crippen LogP contribution in [0.5, 0.6) is 0 Å². The molecule has 164 valence electrons. The number of guanidine groups is 1. The molecular formula is C22H34IN7. The van der Waals surface area contributed by atoms with E-state index >= 15 is 0 Å². The predicted molar refractivity (Wildman–Crippen MR) is 135 cm³/mol. The van der Waals surface area contributed by atoms with Gasteiger partial charge >= 0.3 is 0 Å². The Hall–Kier alpha value is -1.94. The van der Waals surface area contributed by atoms with Gasteiger partial charge in [-0.2, -0.15) is 0 Å². The number of aromatic nitrogens is 2. The molecule has 30 heavy (non-hydrogen) atoms. The third kappa shape index (κ3) is 7.71. The normalized spacial score (nSPS) is 15.9. The van der Waals surface area contributed by atoms with E-state index in [2.05, 4.69) is 72.6 Å². The average Bonchev–Trinajstić information content (AvgIpc) is 2.80. The Bertz CT molecular complexity index is 734. The van der Waals surface area contributed by atoms with E-state index in [-0.39, 0.29) is 24.0 Å². The lowest BCUT2D eigenvalue weighted by atomic mass is 10.0. The summed E-state index contributed by atoms with van der Waals surface area (Å²) < 4.78 is 0. The molecule has 0 aliphatic carbocycles. The van der Waals surface area contributed by atoms with E-state index in [9.17, 15) is 0 Å². The first kappa shape index (κ1) is 24.3. The first-order valence-corrected chi connectivity index (χ1v) is 10.5. The monoisotopic (exact) mass is 523 g/mol. The molecule has 0 radical (unpaired) electrons. The van der Waals surface area contributed by atoms with Gasteiger partial charge in [-0.3, -0.25) is 9.89 Å². The minimum Gasteiger partial charge on any atom is -0.356 e. The van der Waals surface area contributed by atoms with Crippen molar-refractivity contribution in [2.24, 2.45) is 4.99 Å². The molecule has 1 atom stereocenters. The molecule has 0 spiro atoms. The molecule has 0 bridgehead atoms. The zero-order chi connectivity index (χ0) is 20.3. The van der Waals surface area contributed by atoms with Crippen LogP contribution >= 0.6 is 24.0 Å². The number of piperazine rings is 1. The van der Waals surface area contributed by atoms with Crippen molar-refractivity contribution in [3.63, 3.8) is 0 Å². The summed E-state index contributed by atoms with van der Waals surface area (Å²) in [5, 5.41) is 6.87. The molecule has 1 aliphatic heterocycles. The van der Waals surface area contributed by atoms with Crippen molar-refractivity contribution in [2.75, 3.05) is 57.8 Å². The number of rotatable bonds is 8. The van der Waals surface area contributed by atoms with Crippen LogP contribution < -0.4 is 15.5 Å². The molecular weight excluding hydrogens is 489 g/mol. The smallest absolute Gasteiger partial charge is 0.225 e. The molecule has 7 nitrogen and oxygen atoms in total. The summed E-state index contributed by atoms with van der Waals surface area (Å²) in [7, 11) is 1.83. The van der Waals surface area contributed by atoms with E-state index < -0.39 is 0 Å². The van der Waals surface area contributed by atoms with Gasteiger partial charge in [0.1, 0.15) is 0 Å². The van der Waals surface area contributed by atoms with E-state index in [1.165, 1.54) is 5.56 Å². The Morgan fingerprint density at radius 2 is 1.73 bits per heavy atom. The van der Waals surface area contributed by atoms with E-state index in [4.69, 9.17) is 0 Å². The van der Waals surface area contributed by atoms with Gasteiger partial charge < -0.3 is 15.5 Å². The molecule has 0 saturated carbocycles. The topological polar surface area (TPSA) is 68.7 Å². The second-order valence-corrected chi connectivity index (χ2v) is 7.42. The van der Waals surface area contributed by atoms with Crippen LogP contribution in [0.4, 0.5) is 5.95 Å². The van der Waals surface area contributed by atoms with E-state index in [0.29, 0.717) is 5.92 Å². The fourth-order valence-electron chi connectivity index (χ4n) is 3.51. The fourth-order valence-corrected chi connectivity index (χ4v) is 3.51. The summed E-state index contributed by atoms with van der Waals surface area (Å²) in [6.45, 7) is 9.19. The van der Waals surface area contributed by atoms with E-state index in [1.54, 1.807) is 0 Å². The van der Waals surface area contributed by atoms with Crippen molar-refractivity contribution in [3.8, 4) is 0 Å². The molecule has 1 fully saturated rings. The van der Waals surface area contributed by atoms with Crippen molar-refractivity contribution >= 4 is 35.9 Å². The lowest BCUT2D eigenvalue weighted by molar-refractivity contribution is 0.254. The molecule has 1 unspecified atom stereocenters. The lowest BCUT2D eigenvalue weighted by Gasteiger charge is -2.34. The Kier molecular flexibility index (Phi) is 10.9. The maximum absolute atomic E-state index is 4.35. The number of benzene rings is 1. The van der Waals surface area contributed by atoms with Gasteiger partial charge in [0, 0.05) is 58.7 Å². The van der Waals surface area contributed by atoms with Crippen molar-refractivity contribution in [1.29, 1.82) is 0 Å². The molecule has 1 saturated heterocycles. The van der Waals surface area contributed by atoms with Crippen molar-refractivity contribution in [3.05, 3.63) is 54.4 Å². The minimum atomic E-state index is 0. The molecule has 1 aliphatic rings. The molecule has 1 aromatic carbocycles. The van der Waals surface area contributed by atoms with Crippen molar-refractivity contribution in [2.45, 2.75) is 19.3 Å². The highest BCUT2D eigenvalue weighted by Gasteiger charge is 2.18. The van der Waals surface area contributed by atoms with Gasteiger partial charge in [-0.15, -0.1) is 24.0 Å². The van der Waals surface area contributed by atoms with Crippen LogP contribution in [0.15, 0.2) is 53.8 Å².